The molecule has 1 N–H and O–H groups in total. The number of ether oxygens (including phenoxy) is 1. The number of benzene rings is 1. The first-order valence-corrected chi connectivity index (χ1v) is 8.07. The fourth-order valence-corrected chi connectivity index (χ4v) is 2.43. The number of nitrogens with one attached hydrogen (secondary N) is 1. The minimum absolute atomic E-state index is 0.433. The van der Waals surface area contributed by atoms with Gasteiger partial charge in [-0.25, -0.2) is 0 Å². The quantitative estimate of drug-likeness (QED) is 0.715. The van der Waals surface area contributed by atoms with Crippen LogP contribution in [0.15, 0.2) is 24.3 Å². The Kier molecular flexibility index (Phi) is 8.58. The van der Waals surface area contributed by atoms with Crippen LogP contribution in [0.2, 0.25) is 0 Å². The van der Waals surface area contributed by atoms with Crippen LogP contribution in [0.4, 0.5) is 0 Å². The maximum absolute atomic E-state index is 5.24. The van der Waals surface area contributed by atoms with Gasteiger partial charge in [-0.15, -0.1) is 0 Å². The number of likely N-dealkylation sites (N-methyl/N-ethyl adjacent to an activating group) is 1. The number of rotatable bonds is 10. The summed E-state index contributed by atoms with van der Waals surface area (Å²) in [5.41, 5.74) is 2.71. The van der Waals surface area contributed by atoms with Crippen molar-refractivity contribution in [1.29, 1.82) is 0 Å². The Bertz CT molecular complexity index is 377. The molecule has 0 fully saturated rings. The SMILES string of the molecule is CCCNC(CCN(C)C(C)COC)c1ccc(C)cc1. The zero-order valence-corrected chi connectivity index (χ0v) is 14.4. The van der Waals surface area contributed by atoms with Gasteiger partial charge in [-0.1, -0.05) is 36.8 Å². The van der Waals surface area contributed by atoms with Gasteiger partial charge in [-0.05, 0) is 45.8 Å². The molecule has 2 unspecified atom stereocenters. The van der Waals surface area contributed by atoms with Crippen molar-refractivity contribution in [2.45, 2.75) is 45.7 Å². The molecule has 0 aliphatic carbocycles. The van der Waals surface area contributed by atoms with E-state index in [-0.39, 0.29) is 0 Å². The molecule has 0 aliphatic rings. The molecule has 0 radical (unpaired) electrons. The molecule has 0 aliphatic heterocycles. The van der Waals surface area contributed by atoms with Crippen LogP contribution in [0.25, 0.3) is 0 Å². The average molecular weight is 292 g/mol. The molecular formula is C18H32N2O. The Morgan fingerprint density at radius 1 is 1.24 bits per heavy atom. The van der Waals surface area contributed by atoms with Gasteiger partial charge in [0, 0.05) is 25.7 Å². The smallest absolute Gasteiger partial charge is 0.0615 e. The van der Waals surface area contributed by atoms with Crippen molar-refractivity contribution in [2.24, 2.45) is 0 Å². The van der Waals surface area contributed by atoms with Crippen LogP contribution < -0.4 is 5.32 Å². The molecule has 0 spiro atoms. The van der Waals surface area contributed by atoms with Gasteiger partial charge >= 0.3 is 0 Å². The van der Waals surface area contributed by atoms with Crippen LogP contribution in [0, 0.1) is 6.92 Å². The summed E-state index contributed by atoms with van der Waals surface area (Å²) >= 11 is 0. The van der Waals surface area contributed by atoms with Gasteiger partial charge in [0.2, 0.25) is 0 Å². The fourth-order valence-electron chi connectivity index (χ4n) is 2.43. The van der Waals surface area contributed by atoms with Gasteiger partial charge in [0.25, 0.3) is 0 Å². The van der Waals surface area contributed by atoms with Crippen LogP contribution in [0.1, 0.15) is 43.9 Å². The summed E-state index contributed by atoms with van der Waals surface area (Å²) in [4.78, 5) is 2.37. The maximum atomic E-state index is 5.24. The van der Waals surface area contributed by atoms with E-state index in [9.17, 15) is 0 Å². The first-order chi connectivity index (χ1) is 10.1. The Hall–Kier alpha value is -0.900. The Balaban J connectivity index is 2.59. The highest BCUT2D eigenvalue weighted by Gasteiger charge is 2.14. The lowest BCUT2D eigenvalue weighted by atomic mass is 10.0. The zero-order chi connectivity index (χ0) is 15.7. The first kappa shape index (κ1) is 18.1. The van der Waals surface area contributed by atoms with E-state index in [1.807, 2.05) is 0 Å². The van der Waals surface area contributed by atoms with Gasteiger partial charge in [0.05, 0.1) is 6.61 Å². The molecule has 1 rings (SSSR count). The predicted molar refractivity (Wildman–Crippen MR) is 90.8 cm³/mol. The lowest BCUT2D eigenvalue weighted by molar-refractivity contribution is 0.113. The van der Waals surface area contributed by atoms with Crippen molar-refractivity contribution < 1.29 is 4.74 Å². The largest absolute Gasteiger partial charge is 0.383 e. The van der Waals surface area contributed by atoms with Gasteiger partial charge in [0.1, 0.15) is 0 Å². The maximum Gasteiger partial charge on any atom is 0.0615 e. The van der Waals surface area contributed by atoms with Crippen LogP contribution in [-0.4, -0.2) is 44.8 Å². The number of hydrogen-bond acceptors (Lipinski definition) is 3. The molecule has 21 heavy (non-hydrogen) atoms. The highest BCUT2D eigenvalue weighted by Crippen LogP contribution is 2.18. The number of nitrogens with zero attached hydrogens (tertiary/aromatic N) is 1. The van der Waals surface area contributed by atoms with E-state index in [0.29, 0.717) is 12.1 Å². The van der Waals surface area contributed by atoms with E-state index < -0.39 is 0 Å². The Morgan fingerprint density at radius 3 is 2.48 bits per heavy atom. The summed E-state index contributed by atoms with van der Waals surface area (Å²) < 4.78 is 5.24. The third-order valence-corrected chi connectivity index (χ3v) is 4.05. The molecular weight excluding hydrogens is 260 g/mol. The molecule has 2 atom stereocenters. The van der Waals surface area contributed by atoms with Crippen molar-refractivity contribution in [3.8, 4) is 0 Å². The van der Waals surface area contributed by atoms with Crippen molar-refractivity contribution in [3.63, 3.8) is 0 Å². The first-order valence-electron chi connectivity index (χ1n) is 8.07. The average Bonchev–Trinajstić information content (AvgIpc) is 2.48. The van der Waals surface area contributed by atoms with Crippen LogP contribution >= 0.6 is 0 Å². The van der Waals surface area contributed by atoms with E-state index in [4.69, 9.17) is 4.74 Å². The predicted octanol–water partition coefficient (Wildman–Crippen LogP) is 3.39. The molecule has 0 bridgehead atoms. The van der Waals surface area contributed by atoms with Crippen molar-refractivity contribution >= 4 is 0 Å². The molecule has 0 saturated heterocycles. The summed E-state index contributed by atoms with van der Waals surface area (Å²) in [6.45, 7) is 9.48. The van der Waals surface area contributed by atoms with Gasteiger partial charge < -0.3 is 15.0 Å². The summed E-state index contributed by atoms with van der Waals surface area (Å²) in [5, 5.41) is 3.67. The number of aryl methyl sites for hydroxylation is 1. The van der Waals surface area contributed by atoms with Crippen LogP contribution in [0.5, 0.6) is 0 Å². The lowest BCUT2D eigenvalue weighted by Crippen LogP contribution is -2.35. The summed E-state index contributed by atoms with van der Waals surface area (Å²) in [5.74, 6) is 0. The van der Waals surface area contributed by atoms with E-state index in [1.54, 1.807) is 7.11 Å². The molecule has 0 amide bonds. The van der Waals surface area contributed by atoms with E-state index >= 15 is 0 Å². The Morgan fingerprint density at radius 2 is 1.90 bits per heavy atom. The topological polar surface area (TPSA) is 24.5 Å². The van der Waals surface area contributed by atoms with Crippen molar-refractivity contribution in [2.75, 3.05) is 33.9 Å². The Labute approximate surface area is 130 Å². The van der Waals surface area contributed by atoms with Crippen LogP contribution in [-0.2, 0) is 4.74 Å². The second-order valence-corrected chi connectivity index (χ2v) is 5.99. The monoisotopic (exact) mass is 292 g/mol. The third-order valence-electron chi connectivity index (χ3n) is 4.05. The van der Waals surface area contributed by atoms with Crippen molar-refractivity contribution in [3.05, 3.63) is 35.4 Å². The zero-order valence-electron chi connectivity index (χ0n) is 14.4. The molecule has 1 aromatic rings. The normalized spacial score (nSPS) is 14.4. The standard InChI is InChI=1S/C18H32N2O/c1-6-12-19-18(17-9-7-15(2)8-10-17)11-13-20(4)16(3)14-21-5/h7-10,16,18-19H,6,11-14H2,1-5H3. The minimum atomic E-state index is 0.433. The van der Waals surface area contributed by atoms with Gasteiger partial charge in [0.15, 0.2) is 0 Å². The molecule has 0 heterocycles. The van der Waals surface area contributed by atoms with E-state index in [1.165, 1.54) is 11.1 Å². The highest BCUT2D eigenvalue weighted by molar-refractivity contribution is 5.24. The summed E-state index contributed by atoms with van der Waals surface area (Å²) in [6.07, 6.45) is 2.28. The molecule has 0 saturated carbocycles. The minimum Gasteiger partial charge on any atom is -0.383 e. The molecule has 3 heteroatoms. The molecule has 3 nitrogen and oxygen atoms in total. The summed E-state index contributed by atoms with van der Waals surface area (Å²) in [7, 11) is 3.94. The van der Waals surface area contributed by atoms with Gasteiger partial charge in [-0.3, -0.25) is 0 Å². The number of methoxy groups -OCH3 is 1. The lowest BCUT2D eigenvalue weighted by Gasteiger charge is -2.27. The second kappa shape index (κ2) is 9.93. The van der Waals surface area contributed by atoms with Gasteiger partial charge in [-0.2, -0.15) is 0 Å². The van der Waals surface area contributed by atoms with E-state index in [2.05, 4.69) is 62.3 Å². The van der Waals surface area contributed by atoms with E-state index in [0.717, 1.165) is 32.5 Å². The number of hydrogen-bond donors (Lipinski definition) is 1. The molecule has 0 aromatic heterocycles. The fraction of sp³-hybridized carbons (Fsp3) is 0.667. The third kappa shape index (κ3) is 6.60. The second-order valence-electron chi connectivity index (χ2n) is 5.99. The molecule has 1 aromatic carbocycles. The molecule has 120 valence electrons. The highest BCUT2D eigenvalue weighted by atomic mass is 16.5. The summed E-state index contributed by atoms with van der Waals surface area (Å²) in [6, 6.07) is 9.80. The van der Waals surface area contributed by atoms with Crippen molar-refractivity contribution in [1.82, 2.24) is 10.2 Å². The van der Waals surface area contributed by atoms with Crippen LogP contribution in [0.3, 0.4) is 0 Å².